The number of carbonyl (C=O) groups is 1. The molecule has 0 spiro atoms. The monoisotopic (exact) mass is 228 g/mol. The van der Waals surface area contributed by atoms with E-state index in [1.807, 2.05) is 13.8 Å². The van der Waals surface area contributed by atoms with Gasteiger partial charge < -0.3 is 15.8 Å². The van der Waals surface area contributed by atoms with Gasteiger partial charge in [0.05, 0.1) is 0 Å². The van der Waals surface area contributed by atoms with Crippen LogP contribution in [0.5, 0.6) is 0 Å². The normalized spacial score (nSPS) is 23.5. The van der Waals surface area contributed by atoms with Gasteiger partial charge in [-0.05, 0) is 25.2 Å². The number of ether oxygens (including phenoxy) is 1. The number of rotatable bonds is 4. The van der Waals surface area contributed by atoms with Crippen LogP contribution in [0.3, 0.4) is 0 Å². The first-order valence-corrected chi connectivity index (χ1v) is 6.06. The van der Waals surface area contributed by atoms with Crippen LogP contribution in [0, 0.1) is 11.3 Å². The van der Waals surface area contributed by atoms with Crippen molar-refractivity contribution in [2.24, 2.45) is 17.1 Å². The van der Waals surface area contributed by atoms with Gasteiger partial charge in [0, 0.05) is 31.7 Å². The summed E-state index contributed by atoms with van der Waals surface area (Å²) in [6.45, 7) is 8.26. The Bertz CT molecular complexity index is 235. The van der Waals surface area contributed by atoms with E-state index in [0.717, 1.165) is 32.6 Å². The van der Waals surface area contributed by atoms with Crippen molar-refractivity contribution in [2.45, 2.75) is 39.7 Å². The van der Waals surface area contributed by atoms with E-state index in [2.05, 4.69) is 12.2 Å². The highest BCUT2D eigenvalue weighted by Crippen LogP contribution is 2.28. The summed E-state index contributed by atoms with van der Waals surface area (Å²) in [6.07, 6.45) is 2.03. The maximum absolute atomic E-state index is 11.7. The second-order valence-electron chi connectivity index (χ2n) is 5.29. The molecule has 16 heavy (non-hydrogen) atoms. The fourth-order valence-corrected chi connectivity index (χ4v) is 1.74. The Balaban J connectivity index is 2.35. The minimum absolute atomic E-state index is 0.0581. The molecule has 0 aliphatic carbocycles. The van der Waals surface area contributed by atoms with Crippen molar-refractivity contribution < 1.29 is 9.53 Å². The predicted molar refractivity (Wildman–Crippen MR) is 64.0 cm³/mol. The van der Waals surface area contributed by atoms with Crippen LogP contribution in [0.15, 0.2) is 0 Å². The minimum atomic E-state index is -0.122. The van der Waals surface area contributed by atoms with Crippen LogP contribution in [0.4, 0.5) is 0 Å². The second kappa shape index (κ2) is 5.64. The summed E-state index contributed by atoms with van der Waals surface area (Å²) in [5.41, 5.74) is 5.88. The summed E-state index contributed by atoms with van der Waals surface area (Å²) >= 11 is 0. The van der Waals surface area contributed by atoms with Gasteiger partial charge >= 0.3 is 0 Å². The fourth-order valence-electron chi connectivity index (χ4n) is 1.74. The van der Waals surface area contributed by atoms with E-state index >= 15 is 0 Å². The molecule has 3 N–H and O–H groups in total. The van der Waals surface area contributed by atoms with Crippen LogP contribution in [-0.4, -0.2) is 31.7 Å². The molecule has 0 aromatic carbocycles. The molecule has 0 aromatic heterocycles. The Labute approximate surface area is 97.9 Å². The van der Waals surface area contributed by atoms with E-state index in [1.54, 1.807) is 0 Å². The summed E-state index contributed by atoms with van der Waals surface area (Å²) in [7, 11) is 0. The largest absolute Gasteiger partial charge is 0.381 e. The lowest BCUT2D eigenvalue weighted by molar-refractivity contribution is -0.125. The molecule has 0 aromatic rings. The molecule has 1 amide bonds. The molecule has 94 valence electrons. The lowest BCUT2D eigenvalue weighted by Gasteiger charge is -2.34. The molecule has 4 heteroatoms. The number of nitrogens with one attached hydrogen (secondary N) is 1. The Hall–Kier alpha value is -0.610. The number of hydrogen-bond acceptors (Lipinski definition) is 3. The van der Waals surface area contributed by atoms with E-state index in [-0.39, 0.29) is 23.3 Å². The zero-order valence-electron chi connectivity index (χ0n) is 10.6. The first-order valence-electron chi connectivity index (χ1n) is 6.06. The molecule has 1 aliphatic rings. The Morgan fingerprint density at radius 1 is 1.44 bits per heavy atom. The van der Waals surface area contributed by atoms with Crippen LogP contribution < -0.4 is 11.1 Å². The van der Waals surface area contributed by atoms with E-state index < -0.39 is 0 Å². The third-order valence-electron chi connectivity index (χ3n) is 3.59. The van der Waals surface area contributed by atoms with Crippen LogP contribution >= 0.6 is 0 Å². The Morgan fingerprint density at radius 2 is 2.00 bits per heavy atom. The third-order valence-corrected chi connectivity index (χ3v) is 3.59. The first kappa shape index (κ1) is 13.5. The van der Waals surface area contributed by atoms with Crippen molar-refractivity contribution in [3.63, 3.8) is 0 Å². The molecule has 0 radical (unpaired) electrons. The molecule has 4 nitrogen and oxygen atoms in total. The van der Waals surface area contributed by atoms with Crippen LogP contribution in [0.2, 0.25) is 0 Å². The van der Waals surface area contributed by atoms with Crippen molar-refractivity contribution in [1.29, 1.82) is 0 Å². The highest BCUT2D eigenvalue weighted by atomic mass is 16.5. The SMILES string of the molecule is CC(N)C(C)C(=O)NCC1(C)CCOCC1. The maximum Gasteiger partial charge on any atom is 0.224 e. The molecule has 1 saturated heterocycles. The van der Waals surface area contributed by atoms with Crippen LogP contribution in [-0.2, 0) is 9.53 Å². The van der Waals surface area contributed by atoms with Gasteiger partial charge in [0.2, 0.25) is 5.91 Å². The van der Waals surface area contributed by atoms with Gasteiger partial charge in [-0.25, -0.2) is 0 Å². The Morgan fingerprint density at radius 3 is 2.50 bits per heavy atom. The molecule has 1 aliphatic heterocycles. The van der Waals surface area contributed by atoms with E-state index in [9.17, 15) is 4.79 Å². The summed E-state index contributed by atoms with van der Waals surface area (Å²) in [5, 5.41) is 3.00. The summed E-state index contributed by atoms with van der Waals surface area (Å²) in [4.78, 5) is 11.7. The van der Waals surface area contributed by atoms with Gasteiger partial charge in [0.25, 0.3) is 0 Å². The first-order chi connectivity index (χ1) is 7.44. The van der Waals surface area contributed by atoms with Gasteiger partial charge in [0.1, 0.15) is 0 Å². The van der Waals surface area contributed by atoms with Gasteiger partial charge in [0.15, 0.2) is 0 Å². The number of hydrogen-bond donors (Lipinski definition) is 2. The van der Waals surface area contributed by atoms with Crippen LogP contribution in [0.1, 0.15) is 33.6 Å². The lowest BCUT2D eigenvalue weighted by Crippen LogP contribution is -2.44. The standard InChI is InChI=1S/C12H24N2O2/c1-9(10(2)13)11(15)14-8-12(3)4-6-16-7-5-12/h9-10H,4-8,13H2,1-3H3,(H,14,15). The summed E-state index contributed by atoms with van der Waals surface area (Å²) in [5.74, 6) is -0.0637. The number of carbonyl (C=O) groups excluding carboxylic acids is 1. The van der Waals surface area contributed by atoms with Gasteiger partial charge in [-0.15, -0.1) is 0 Å². The van der Waals surface area contributed by atoms with Gasteiger partial charge in [-0.3, -0.25) is 4.79 Å². The zero-order chi connectivity index (χ0) is 12.2. The molecule has 1 fully saturated rings. The topological polar surface area (TPSA) is 64.4 Å². The van der Waals surface area contributed by atoms with Crippen molar-refractivity contribution >= 4 is 5.91 Å². The molecule has 1 heterocycles. The molecule has 2 atom stereocenters. The molecule has 1 rings (SSSR count). The summed E-state index contributed by atoms with van der Waals surface area (Å²) in [6, 6.07) is -0.0949. The van der Waals surface area contributed by atoms with Crippen LogP contribution in [0.25, 0.3) is 0 Å². The smallest absolute Gasteiger partial charge is 0.224 e. The van der Waals surface area contributed by atoms with E-state index in [4.69, 9.17) is 10.5 Å². The highest BCUT2D eigenvalue weighted by Gasteiger charge is 2.28. The van der Waals surface area contributed by atoms with Crippen molar-refractivity contribution in [2.75, 3.05) is 19.8 Å². The quantitative estimate of drug-likeness (QED) is 0.751. The number of amides is 1. The zero-order valence-corrected chi connectivity index (χ0v) is 10.6. The molecule has 0 saturated carbocycles. The van der Waals surface area contributed by atoms with E-state index in [1.165, 1.54) is 0 Å². The second-order valence-corrected chi connectivity index (χ2v) is 5.29. The van der Waals surface area contributed by atoms with Crippen molar-refractivity contribution in [3.05, 3.63) is 0 Å². The van der Waals surface area contributed by atoms with Crippen molar-refractivity contribution in [3.8, 4) is 0 Å². The maximum atomic E-state index is 11.7. The van der Waals surface area contributed by atoms with Crippen molar-refractivity contribution in [1.82, 2.24) is 5.32 Å². The van der Waals surface area contributed by atoms with Gasteiger partial charge in [-0.1, -0.05) is 13.8 Å². The average molecular weight is 228 g/mol. The molecule has 2 unspecified atom stereocenters. The molecule has 0 bridgehead atoms. The fraction of sp³-hybridized carbons (Fsp3) is 0.917. The lowest BCUT2D eigenvalue weighted by atomic mass is 9.82. The third kappa shape index (κ3) is 3.76. The highest BCUT2D eigenvalue weighted by molar-refractivity contribution is 5.78. The average Bonchev–Trinajstić information content (AvgIpc) is 2.26. The molecular formula is C12H24N2O2. The number of nitrogens with two attached hydrogens (primary N) is 1. The van der Waals surface area contributed by atoms with Gasteiger partial charge in [-0.2, -0.15) is 0 Å². The van der Waals surface area contributed by atoms with E-state index in [0.29, 0.717) is 0 Å². The minimum Gasteiger partial charge on any atom is -0.381 e. The Kier molecular flexibility index (Phi) is 4.74. The predicted octanol–water partition coefficient (Wildman–Crippen LogP) is 0.903. The molecular weight excluding hydrogens is 204 g/mol. The summed E-state index contributed by atoms with van der Waals surface area (Å²) < 4.78 is 5.32.